The molecule has 1 amide bonds. The Morgan fingerprint density at radius 3 is 2.71 bits per heavy atom. The van der Waals surface area contributed by atoms with Crippen LogP contribution in [0.3, 0.4) is 0 Å². The number of nitrogens with two attached hydrogens (primary N) is 1. The number of nitrogens with one attached hydrogen (secondary N) is 1. The van der Waals surface area contributed by atoms with E-state index in [0.717, 1.165) is 28.8 Å². The smallest absolute Gasteiger partial charge is 0.263 e. The minimum atomic E-state index is -0.0135. The molecule has 3 N–H and O–H groups in total. The summed E-state index contributed by atoms with van der Waals surface area (Å²) in [5.41, 5.74) is 6.76. The van der Waals surface area contributed by atoms with Crippen molar-refractivity contribution in [2.75, 3.05) is 5.73 Å². The number of hydrogen-bond acceptors (Lipinski definition) is 3. The molecule has 3 rings (SSSR count). The molecule has 0 saturated heterocycles. The van der Waals surface area contributed by atoms with Crippen molar-refractivity contribution in [3.05, 3.63) is 29.1 Å². The fourth-order valence-electron chi connectivity index (χ4n) is 3.16. The number of nitrogen functional groups attached to an aromatic ring is 1. The molecule has 3 atom stereocenters. The Labute approximate surface area is 129 Å². The first-order valence-corrected chi connectivity index (χ1v) is 8.45. The quantitative estimate of drug-likeness (QED) is 0.879. The summed E-state index contributed by atoms with van der Waals surface area (Å²) in [5, 5.41) is 4.16. The SMILES string of the molecule is CC1CCC(NC(=O)c2sc3ccccc3c2N)CC1C. The third-order valence-electron chi connectivity index (χ3n) is 4.77. The molecule has 4 heteroatoms. The molecular formula is C17H22N2OS. The summed E-state index contributed by atoms with van der Waals surface area (Å²) in [7, 11) is 0. The Kier molecular flexibility index (Phi) is 3.89. The third-order valence-corrected chi connectivity index (χ3v) is 5.96. The van der Waals surface area contributed by atoms with Crippen molar-refractivity contribution in [3.63, 3.8) is 0 Å². The molecule has 3 nitrogen and oxygen atoms in total. The van der Waals surface area contributed by atoms with E-state index in [1.54, 1.807) is 0 Å². The van der Waals surface area contributed by atoms with Crippen LogP contribution in [0.5, 0.6) is 0 Å². The van der Waals surface area contributed by atoms with Gasteiger partial charge in [0.2, 0.25) is 0 Å². The molecule has 1 aromatic carbocycles. The van der Waals surface area contributed by atoms with Crippen molar-refractivity contribution in [1.29, 1.82) is 0 Å². The number of anilines is 1. The number of fused-ring (bicyclic) bond motifs is 1. The van der Waals surface area contributed by atoms with E-state index < -0.39 is 0 Å². The number of amides is 1. The number of carbonyl (C=O) groups is 1. The molecule has 0 bridgehead atoms. The van der Waals surface area contributed by atoms with Crippen molar-refractivity contribution in [2.24, 2.45) is 11.8 Å². The minimum absolute atomic E-state index is 0.0135. The van der Waals surface area contributed by atoms with Crippen LogP contribution in [0, 0.1) is 11.8 Å². The first-order valence-electron chi connectivity index (χ1n) is 7.64. The number of thiophene rings is 1. The van der Waals surface area contributed by atoms with Crippen LogP contribution in [0.4, 0.5) is 5.69 Å². The Balaban J connectivity index is 1.77. The van der Waals surface area contributed by atoms with Crippen LogP contribution >= 0.6 is 11.3 Å². The Bertz CT molecular complexity index is 664. The Hall–Kier alpha value is -1.55. The molecule has 1 aromatic heterocycles. The molecule has 1 fully saturated rings. The van der Waals surface area contributed by atoms with Crippen molar-refractivity contribution >= 4 is 33.0 Å². The van der Waals surface area contributed by atoms with Gasteiger partial charge in [0.05, 0.1) is 5.69 Å². The van der Waals surface area contributed by atoms with Gasteiger partial charge in [0.25, 0.3) is 5.91 Å². The Morgan fingerprint density at radius 1 is 1.24 bits per heavy atom. The average molecular weight is 302 g/mol. The second-order valence-electron chi connectivity index (χ2n) is 6.28. The van der Waals surface area contributed by atoms with Crippen molar-refractivity contribution in [2.45, 2.75) is 39.2 Å². The van der Waals surface area contributed by atoms with Crippen LogP contribution < -0.4 is 11.1 Å². The molecule has 0 spiro atoms. The molecule has 0 aliphatic heterocycles. The van der Waals surface area contributed by atoms with Crippen molar-refractivity contribution in [3.8, 4) is 0 Å². The number of benzene rings is 1. The van der Waals surface area contributed by atoms with Gasteiger partial charge in [-0.2, -0.15) is 0 Å². The van der Waals surface area contributed by atoms with Gasteiger partial charge < -0.3 is 11.1 Å². The first-order chi connectivity index (χ1) is 10.1. The Morgan fingerprint density at radius 2 is 2.00 bits per heavy atom. The van der Waals surface area contributed by atoms with Crippen LogP contribution in [-0.4, -0.2) is 11.9 Å². The number of hydrogen-bond donors (Lipinski definition) is 2. The molecule has 0 radical (unpaired) electrons. The van der Waals surface area contributed by atoms with Crippen LogP contribution in [0.2, 0.25) is 0 Å². The number of carbonyl (C=O) groups excluding carboxylic acids is 1. The summed E-state index contributed by atoms with van der Waals surface area (Å²) in [6.45, 7) is 4.57. The van der Waals surface area contributed by atoms with E-state index in [1.807, 2.05) is 24.3 Å². The van der Waals surface area contributed by atoms with Gasteiger partial charge in [-0.3, -0.25) is 4.79 Å². The largest absolute Gasteiger partial charge is 0.397 e. The van der Waals surface area contributed by atoms with E-state index in [2.05, 4.69) is 19.2 Å². The van der Waals surface area contributed by atoms with Gasteiger partial charge in [-0.05, 0) is 37.2 Å². The zero-order valence-electron chi connectivity index (χ0n) is 12.6. The molecular weight excluding hydrogens is 280 g/mol. The van der Waals surface area contributed by atoms with E-state index >= 15 is 0 Å². The van der Waals surface area contributed by atoms with Gasteiger partial charge in [0.15, 0.2) is 0 Å². The summed E-state index contributed by atoms with van der Waals surface area (Å²) in [5.74, 6) is 1.41. The molecule has 1 saturated carbocycles. The van der Waals surface area contributed by atoms with Gasteiger partial charge in [-0.1, -0.05) is 32.0 Å². The molecule has 2 aromatic rings. The highest BCUT2D eigenvalue weighted by Gasteiger charge is 2.27. The lowest BCUT2D eigenvalue weighted by Gasteiger charge is -2.32. The fourth-order valence-corrected chi connectivity index (χ4v) is 4.19. The second kappa shape index (κ2) is 5.68. The lowest BCUT2D eigenvalue weighted by Crippen LogP contribution is -2.39. The summed E-state index contributed by atoms with van der Waals surface area (Å²) < 4.78 is 1.07. The highest BCUT2D eigenvalue weighted by molar-refractivity contribution is 7.21. The van der Waals surface area contributed by atoms with Gasteiger partial charge in [-0.25, -0.2) is 0 Å². The monoisotopic (exact) mass is 302 g/mol. The van der Waals surface area contributed by atoms with E-state index in [1.165, 1.54) is 17.8 Å². The van der Waals surface area contributed by atoms with Gasteiger partial charge in [0.1, 0.15) is 4.88 Å². The van der Waals surface area contributed by atoms with Crippen LogP contribution in [-0.2, 0) is 0 Å². The fraction of sp³-hybridized carbons (Fsp3) is 0.471. The number of rotatable bonds is 2. The second-order valence-corrected chi connectivity index (χ2v) is 7.33. The van der Waals surface area contributed by atoms with E-state index in [-0.39, 0.29) is 11.9 Å². The summed E-state index contributed by atoms with van der Waals surface area (Å²) in [6, 6.07) is 8.20. The molecule has 112 valence electrons. The summed E-state index contributed by atoms with van der Waals surface area (Å²) >= 11 is 1.48. The normalized spacial score (nSPS) is 25.9. The maximum atomic E-state index is 12.5. The highest BCUT2D eigenvalue weighted by atomic mass is 32.1. The van der Waals surface area contributed by atoms with Crippen LogP contribution in [0.25, 0.3) is 10.1 Å². The van der Waals surface area contributed by atoms with Gasteiger partial charge in [-0.15, -0.1) is 11.3 Å². The molecule has 1 aliphatic rings. The molecule has 3 unspecified atom stereocenters. The standard InChI is InChI=1S/C17H22N2OS/c1-10-7-8-12(9-11(10)2)19-17(20)16-15(18)13-5-3-4-6-14(13)21-16/h3-6,10-12H,7-9,18H2,1-2H3,(H,19,20). The van der Waals surface area contributed by atoms with E-state index in [0.29, 0.717) is 16.5 Å². The third kappa shape index (κ3) is 2.77. The maximum absolute atomic E-state index is 12.5. The molecule has 1 aliphatic carbocycles. The molecule has 1 heterocycles. The predicted octanol–water partition coefficient (Wildman–Crippen LogP) is 4.04. The van der Waals surface area contributed by atoms with E-state index in [4.69, 9.17) is 5.73 Å². The van der Waals surface area contributed by atoms with Crippen molar-refractivity contribution < 1.29 is 4.79 Å². The molecule has 21 heavy (non-hydrogen) atoms. The first kappa shape index (κ1) is 14.4. The van der Waals surface area contributed by atoms with Crippen LogP contribution in [0.15, 0.2) is 24.3 Å². The maximum Gasteiger partial charge on any atom is 0.263 e. The average Bonchev–Trinajstić information content (AvgIpc) is 2.81. The minimum Gasteiger partial charge on any atom is -0.397 e. The zero-order chi connectivity index (χ0) is 15.0. The van der Waals surface area contributed by atoms with Gasteiger partial charge in [0, 0.05) is 16.1 Å². The summed E-state index contributed by atoms with van der Waals surface area (Å²) in [6.07, 6.45) is 3.33. The van der Waals surface area contributed by atoms with Crippen LogP contribution in [0.1, 0.15) is 42.8 Å². The van der Waals surface area contributed by atoms with Gasteiger partial charge >= 0.3 is 0 Å². The van der Waals surface area contributed by atoms with E-state index in [9.17, 15) is 4.79 Å². The lowest BCUT2D eigenvalue weighted by molar-refractivity contribution is 0.0915. The summed E-state index contributed by atoms with van der Waals surface area (Å²) in [4.78, 5) is 13.2. The zero-order valence-corrected chi connectivity index (χ0v) is 13.4. The van der Waals surface area contributed by atoms with Crippen molar-refractivity contribution in [1.82, 2.24) is 5.32 Å². The predicted molar refractivity (Wildman–Crippen MR) is 89.7 cm³/mol. The highest BCUT2D eigenvalue weighted by Crippen LogP contribution is 2.34. The lowest BCUT2D eigenvalue weighted by atomic mass is 9.79. The topological polar surface area (TPSA) is 55.1 Å².